The van der Waals surface area contributed by atoms with Crippen LogP contribution in [0.3, 0.4) is 0 Å². The van der Waals surface area contributed by atoms with Crippen molar-refractivity contribution < 1.29 is 33.8 Å². The number of nitrogens with zero attached hydrogens (tertiary/aromatic N) is 1. The van der Waals surface area contributed by atoms with Crippen LogP contribution >= 0.6 is 15.2 Å². The third kappa shape index (κ3) is 3.21. The summed E-state index contributed by atoms with van der Waals surface area (Å²) in [4.78, 5) is 43.0. The van der Waals surface area contributed by atoms with Crippen LogP contribution < -0.4 is 0 Å². The van der Waals surface area contributed by atoms with Crippen LogP contribution in [-0.2, 0) is 15.6 Å². The summed E-state index contributed by atoms with van der Waals surface area (Å²) in [6.07, 6.45) is 0.181. The number of benzene rings is 1. The zero-order chi connectivity index (χ0) is 16.6. The predicted octanol–water partition coefficient (Wildman–Crippen LogP) is 0.621. The monoisotopic (exact) mass is 348 g/mol. The molecule has 11 heteroatoms. The standard InChI is InChI=1S/C11H14N2O7P2/c14-11(21(15,16)17,22(18,19)20)6-9-7-12-10(13-9)8-4-2-1-3-5-8/h1-5,7,14H,6H2,(H,12,13)(H2,15,16,17)(H2,18,19,20). The molecule has 1 heterocycles. The molecule has 0 fully saturated rings. The molecule has 2 aromatic rings. The molecule has 0 aliphatic carbocycles. The topological polar surface area (TPSA) is 164 Å². The molecule has 1 aromatic carbocycles. The predicted molar refractivity (Wildman–Crippen MR) is 76.8 cm³/mol. The largest absolute Gasteiger partial charge is 0.369 e. The lowest BCUT2D eigenvalue weighted by molar-refractivity contribution is 0.130. The van der Waals surface area contributed by atoms with Gasteiger partial charge in [-0.05, 0) is 0 Å². The highest BCUT2D eigenvalue weighted by molar-refractivity contribution is 7.72. The minimum Gasteiger partial charge on any atom is -0.367 e. The zero-order valence-electron chi connectivity index (χ0n) is 11.1. The summed E-state index contributed by atoms with van der Waals surface area (Å²) in [7, 11) is -11.0. The van der Waals surface area contributed by atoms with Gasteiger partial charge in [-0.3, -0.25) is 9.13 Å². The number of rotatable bonds is 5. The Morgan fingerprint density at radius 2 is 1.59 bits per heavy atom. The fraction of sp³-hybridized carbons (Fsp3) is 0.182. The third-order valence-corrected chi connectivity index (χ3v) is 6.78. The number of imidazole rings is 1. The van der Waals surface area contributed by atoms with E-state index in [1.807, 2.05) is 0 Å². The molecule has 1 aromatic heterocycles. The first kappa shape index (κ1) is 17.1. The molecule has 6 N–H and O–H groups in total. The molecule has 0 aliphatic heterocycles. The first-order valence-corrected chi connectivity index (χ1v) is 9.20. The van der Waals surface area contributed by atoms with Gasteiger partial charge >= 0.3 is 15.2 Å². The van der Waals surface area contributed by atoms with Crippen molar-refractivity contribution in [1.29, 1.82) is 0 Å². The Labute approximate surface area is 125 Å². The van der Waals surface area contributed by atoms with Gasteiger partial charge in [0, 0.05) is 23.9 Å². The van der Waals surface area contributed by atoms with Crippen LogP contribution in [0.15, 0.2) is 36.5 Å². The van der Waals surface area contributed by atoms with E-state index in [1.165, 1.54) is 0 Å². The van der Waals surface area contributed by atoms with Crippen molar-refractivity contribution in [2.45, 2.75) is 11.5 Å². The van der Waals surface area contributed by atoms with E-state index in [1.54, 1.807) is 30.3 Å². The van der Waals surface area contributed by atoms with Gasteiger partial charge in [-0.1, -0.05) is 30.3 Å². The molecule has 0 bridgehead atoms. The van der Waals surface area contributed by atoms with E-state index in [-0.39, 0.29) is 5.69 Å². The van der Waals surface area contributed by atoms with Gasteiger partial charge in [0.05, 0.1) is 0 Å². The van der Waals surface area contributed by atoms with Crippen LogP contribution in [0.1, 0.15) is 5.69 Å². The molecule has 0 saturated heterocycles. The maximum Gasteiger partial charge on any atom is 0.369 e. The highest BCUT2D eigenvalue weighted by atomic mass is 31.2. The van der Waals surface area contributed by atoms with Crippen LogP contribution in [-0.4, -0.2) is 39.7 Å². The molecule has 0 radical (unpaired) electrons. The van der Waals surface area contributed by atoms with Crippen LogP contribution in [0.25, 0.3) is 11.4 Å². The Morgan fingerprint density at radius 1 is 1.05 bits per heavy atom. The molecule has 0 atom stereocenters. The average Bonchev–Trinajstić information content (AvgIpc) is 2.85. The molecule has 0 unspecified atom stereocenters. The van der Waals surface area contributed by atoms with E-state index in [2.05, 4.69) is 9.97 Å². The van der Waals surface area contributed by atoms with E-state index in [0.717, 1.165) is 6.20 Å². The van der Waals surface area contributed by atoms with Gasteiger partial charge in [-0.2, -0.15) is 0 Å². The summed E-state index contributed by atoms with van der Waals surface area (Å²) in [6.45, 7) is 0. The molecule has 9 nitrogen and oxygen atoms in total. The fourth-order valence-corrected chi connectivity index (χ4v) is 3.93. The first-order chi connectivity index (χ1) is 10.0. The quantitative estimate of drug-likeness (QED) is 0.428. The third-order valence-electron chi connectivity index (χ3n) is 3.04. The maximum atomic E-state index is 11.3. The molecule has 0 saturated carbocycles. The van der Waals surface area contributed by atoms with Crippen molar-refractivity contribution in [3.8, 4) is 11.4 Å². The second kappa shape index (κ2) is 5.72. The van der Waals surface area contributed by atoms with E-state index in [4.69, 9.17) is 19.6 Å². The highest BCUT2D eigenvalue weighted by Crippen LogP contribution is 2.68. The second-order valence-electron chi connectivity index (χ2n) is 4.66. The van der Waals surface area contributed by atoms with Gasteiger partial charge in [0.15, 0.2) is 0 Å². The Hall–Kier alpha value is -1.31. The van der Waals surface area contributed by atoms with Gasteiger partial charge in [0.25, 0.3) is 5.08 Å². The summed E-state index contributed by atoms with van der Waals surface area (Å²) >= 11 is 0. The van der Waals surface area contributed by atoms with E-state index < -0.39 is 26.7 Å². The lowest BCUT2D eigenvalue weighted by atomic mass is 10.2. The number of aliphatic hydroxyl groups is 1. The van der Waals surface area contributed by atoms with E-state index in [9.17, 15) is 14.2 Å². The smallest absolute Gasteiger partial charge is 0.367 e. The van der Waals surface area contributed by atoms with Gasteiger partial charge < -0.3 is 29.7 Å². The number of nitrogens with one attached hydrogen (secondary N) is 1. The number of aromatic amines is 1. The van der Waals surface area contributed by atoms with Crippen molar-refractivity contribution >= 4 is 15.2 Å². The number of H-pyrrole nitrogens is 1. The molecule has 120 valence electrons. The van der Waals surface area contributed by atoms with Gasteiger partial charge in [-0.25, -0.2) is 4.98 Å². The van der Waals surface area contributed by atoms with E-state index >= 15 is 0 Å². The number of hydrogen-bond acceptors (Lipinski definition) is 4. The first-order valence-electron chi connectivity index (χ1n) is 5.97. The fourth-order valence-electron chi connectivity index (χ4n) is 1.82. The van der Waals surface area contributed by atoms with Crippen molar-refractivity contribution in [2.24, 2.45) is 0 Å². The minimum absolute atomic E-state index is 0.0204. The van der Waals surface area contributed by atoms with Gasteiger partial charge in [-0.15, -0.1) is 0 Å². The van der Waals surface area contributed by atoms with Crippen molar-refractivity contribution in [3.05, 3.63) is 42.2 Å². The number of aromatic nitrogens is 2. The van der Waals surface area contributed by atoms with Gasteiger partial charge in [0.2, 0.25) is 0 Å². The lowest BCUT2D eigenvalue weighted by Crippen LogP contribution is -2.31. The zero-order valence-corrected chi connectivity index (χ0v) is 12.9. The van der Waals surface area contributed by atoms with E-state index in [0.29, 0.717) is 11.4 Å². The molecule has 22 heavy (non-hydrogen) atoms. The Bertz CT molecular complexity index is 727. The summed E-state index contributed by atoms with van der Waals surface area (Å²) < 4.78 is 22.6. The maximum absolute atomic E-state index is 11.3. The van der Waals surface area contributed by atoms with Crippen molar-refractivity contribution in [2.75, 3.05) is 0 Å². The normalized spacial score (nSPS) is 13.3. The summed E-state index contributed by atoms with van der Waals surface area (Å²) in [6, 6.07) is 8.73. The number of hydrogen-bond donors (Lipinski definition) is 6. The minimum atomic E-state index is -5.49. The van der Waals surface area contributed by atoms with Crippen LogP contribution in [0, 0.1) is 0 Å². The molecular formula is C11H14N2O7P2. The van der Waals surface area contributed by atoms with Crippen LogP contribution in [0.4, 0.5) is 0 Å². The Kier molecular flexibility index (Phi) is 4.43. The van der Waals surface area contributed by atoms with Crippen LogP contribution in [0.2, 0.25) is 0 Å². The molecule has 2 rings (SSSR count). The average molecular weight is 348 g/mol. The highest BCUT2D eigenvalue weighted by Gasteiger charge is 2.59. The van der Waals surface area contributed by atoms with Crippen molar-refractivity contribution in [3.63, 3.8) is 0 Å². The van der Waals surface area contributed by atoms with Gasteiger partial charge in [0.1, 0.15) is 5.82 Å². The molecule has 0 spiro atoms. The Balaban J connectivity index is 2.36. The SMILES string of the molecule is O=P(O)(O)C(O)(Cc1cnc(-c2ccccc2)[nH]1)P(=O)(O)O. The molecule has 0 amide bonds. The molecule has 0 aliphatic rings. The van der Waals surface area contributed by atoms with Crippen molar-refractivity contribution in [1.82, 2.24) is 9.97 Å². The lowest BCUT2D eigenvalue weighted by Gasteiger charge is -2.28. The summed E-state index contributed by atoms with van der Waals surface area (Å²) in [5.74, 6) is 0.342. The second-order valence-corrected chi connectivity index (χ2v) is 8.67. The van der Waals surface area contributed by atoms with Crippen LogP contribution in [0.5, 0.6) is 0 Å². The summed E-state index contributed by atoms with van der Waals surface area (Å²) in [5.41, 5.74) is 0.651. The molecular weight excluding hydrogens is 334 g/mol. The summed E-state index contributed by atoms with van der Waals surface area (Å²) in [5, 5.41) is 6.34. The Morgan fingerprint density at radius 3 is 2.09 bits per heavy atom.